The molecule has 1 saturated heterocycles. The van der Waals surface area contributed by atoms with Crippen LogP contribution in [0.5, 0.6) is 5.75 Å². The zero-order valence-electron chi connectivity index (χ0n) is 19.9. The number of morpholine rings is 1. The van der Waals surface area contributed by atoms with E-state index in [1.165, 1.54) is 6.21 Å². The van der Waals surface area contributed by atoms with Gasteiger partial charge in [0.15, 0.2) is 0 Å². The first kappa shape index (κ1) is 23.8. The number of nitrogens with zero attached hydrogens (tertiary/aromatic N) is 2. The van der Waals surface area contributed by atoms with E-state index in [2.05, 4.69) is 10.5 Å². The number of hydrogen-bond acceptors (Lipinski definition) is 5. The normalized spacial score (nSPS) is 23.7. The lowest BCUT2D eigenvalue weighted by atomic mass is 9.51. The summed E-state index contributed by atoms with van der Waals surface area (Å²) in [6.45, 7) is 2.16. The molecule has 1 heterocycles. The Labute approximate surface area is 210 Å². The summed E-state index contributed by atoms with van der Waals surface area (Å²) in [7, 11) is 0. The zero-order chi connectivity index (χ0) is 24.9. The third-order valence-corrected chi connectivity index (χ3v) is 7.14. The Hall–Kier alpha value is -3.97. The summed E-state index contributed by atoms with van der Waals surface area (Å²) >= 11 is 0. The molecule has 5 rings (SSSR count). The number of aromatic hydroxyl groups is 1. The van der Waals surface area contributed by atoms with Crippen molar-refractivity contribution in [2.24, 2.45) is 16.9 Å². The van der Waals surface area contributed by atoms with Gasteiger partial charge in [-0.05, 0) is 23.3 Å². The van der Waals surface area contributed by atoms with E-state index in [0.29, 0.717) is 31.9 Å². The van der Waals surface area contributed by atoms with Gasteiger partial charge in [-0.15, -0.1) is 0 Å². The molecular formula is C29H29N3O4. The molecule has 184 valence electrons. The largest absolute Gasteiger partial charge is 0.507 e. The molecule has 2 amide bonds. The van der Waals surface area contributed by atoms with Gasteiger partial charge in [0, 0.05) is 30.5 Å². The van der Waals surface area contributed by atoms with E-state index in [1.807, 2.05) is 65.6 Å². The highest BCUT2D eigenvalue weighted by atomic mass is 16.5. The van der Waals surface area contributed by atoms with Crippen molar-refractivity contribution < 1.29 is 19.4 Å². The molecule has 0 bridgehead atoms. The Bertz CT molecular complexity index is 1180. The summed E-state index contributed by atoms with van der Waals surface area (Å²) in [6.07, 6.45) is 1.43. The van der Waals surface area contributed by atoms with Gasteiger partial charge < -0.3 is 14.7 Å². The molecule has 3 aromatic carbocycles. The van der Waals surface area contributed by atoms with Gasteiger partial charge in [-0.1, -0.05) is 72.8 Å². The number of amides is 2. The van der Waals surface area contributed by atoms with Crippen molar-refractivity contribution in [3.05, 3.63) is 102 Å². The predicted molar refractivity (Wildman–Crippen MR) is 137 cm³/mol. The fourth-order valence-electron chi connectivity index (χ4n) is 5.39. The Kier molecular flexibility index (Phi) is 7.09. The first-order chi connectivity index (χ1) is 17.6. The number of phenols is 1. The maximum atomic E-state index is 13.8. The average molecular weight is 484 g/mol. The number of rotatable bonds is 6. The third kappa shape index (κ3) is 4.75. The Morgan fingerprint density at radius 2 is 1.39 bits per heavy atom. The molecule has 7 heteroatoms. The predicted octanol–water partition coefficient (Wildman–Crippen LogP) is 3.51. The van der Waals surface area contributed by atoms with Crippen LogP contribution in [0.2, 0.25) is 0 Å². The maximum absolute atomic E-state index is 13.8. The van der Waals surface area contributed by atoms with Crippen LogP contribution in [0.15, 0.2) is 90.0 Å². The molecule has 36 heavy (non-hydrogen) atoms. The summed E-state index contributed by atoms with van der Waals surface area (Å²) < 4.78 is 5.46. The van der Waals surface area contributed by atoms with E-state index >= 15 is 0 Å². The first-order valence-corrected chi connectivity index (χ1v) is 12.2. The SMILES string of the molecule is O=C(N/N=C/c1ccccc1O)C1C(c2ccccc2)C(C(=O)N2CCOCC2)C1c1ccccc1. The van der Waals surface area contributed by atoms with Crippen molar-refractivity contribution in [2.75, 3.05) is 26.3 Å². The zero-order valence-corrected chi connectivity index (χ0v) is 19.9. The summed E-state index contributed by atoms with van der Waals surface area (Å²) in [5.41, 5.74) is 5.10. The number of phenolic OH excluding ortho intramolecular Hbond substituents is 1. The van der Waals surface area contributed by atoms with Gasteiger partial charge in [-0.2, -0.15) is 5.10 Å². The molecule has 7 nitrogen and oxygen atoms in total. The molecule has 0 aromatic heterocycles. The van der Waals surface area contributed by atoms with Gasteiger partial charge in [-0.3, -0.25) is 9.59 Å². The molecule has 0 radical (unpaired) electrons. The number of carbonyl (C=O) groups is 2. The topological polar surface area (TPSA) is 91.2 Å². The number of carbonyl (C=O) groups excluding carboxylic acids is 2. The third-order valence-electron chi connectivity index (χ3n) is 7.14. The number of nitrogens with one attached hydrogen (secondary N) is 1. The highest BCUT2D eigenvalue weighted by molar-refractivity contribution is 5.91. The van der Waals surface area contributed by atoms with E-state index in [0.717, 1.165) is 11.1 Å². The van der Waals surface area contributed by atoms with E-state index in [9.17, 15) is 14.7 Å². The molecule has 1 aliphatic carbocycles. The van der Waals surface area contributed by atoms with Gasteiger partial charge in [0.05, 0.1) is 31.3 Å². The maximum Gasteiger partial charge on any atom is 0.244 e. The quantitative estimate of drug-likeness (QED) is 0.415. The minimum Gasteiger partial charge on any atom is -0.507 e. The molecule has 2 N–H and O–H groups in total. The van der Waals surface area contributed by atoms with Gasteiger partial charge in [0.1, 0.15) is 5.75 Å². The van der Waals surface area contributed by atoms with E-state index in [1.54, 1.807) is 24.3 Å². The minimum atomic E-state index is -0.480. The van der Waals surface area contributed by atoms with Crippen molar-refractivity contribution >= 4 is 18.0 Å². The summed E-state index contributed by atoms with van der Waals surface area (Å²) in [5.74, 6) is -1.53. The molecule has 0 spiro atoms. The van der Waals surface area contributed by atoms with Gasteiger partial charge >= 0.3 is 0 Å². The number of para-hydroxylation sites is 1. The van der Waals surface area contributed by atoms with E-state index < -0.39 is 5.92 Å². The second-order valence-electron chi connectivity index (χ2n) is 9.16. The molecule has 3 aromatic rings. The minimum absolute atomic E-state index is 0.0581. The lowest BCUT2D eigenvalue weighted by Gasteiger charge is -2.52. The lowest BCUT2D eigenvalue weighted by molar-refractivity contribution is -0.151. The standard InChI is InChI=1S/C29H29N3O4/c33-23-14-8-7-13-22(23)19-30-31-28(34)26-24(20-9-3-1-4-10-20)27(25(26)21-11-5-2-6-12-21)29(35)32-15-17-36-18-16-32/h1-14,19,24-27,33H,15-18H2,(H,31,34)/b30-19+. The van der Waals surface area contributed by atoms with Crippen molar-refractivity contribution in [2.45, 2.75) is 11.8 Å². The van der Waals surface area contributed by atoms with Crippen molar-refractivity contribution in [1.29, 1.82) is 0 Å². The molecule has 1 aliphatic heterocycles. The Balaban J connectivity index is 1.47. The van der Waals surface area contributed by atoms with Gasteiger partial charge in [0.2, 0.25) is 11.8 Å². The summed E-state index contributed by atoms with van der Waals surface area (Å²) in [6, 6.07) is 26.3. The molecule has 2 unspecified atom stereocenters. The molecule has 2 fully saturated rings. The van der Waals surface area contributed by atoms with Crippen LogP contribution in [0.3, 0.4) is 0 Å². The number of benzene rings is 3. The lowest BCUT2D eigenvalue weighted by Crippen LogP contribution is -2.57. The summed E-state index contributed by atoms with van der Waals surface area (Å²) in [4.78, 5) is 29.3. The second kappa shape index (κ2) is 10.7. The van der Waals surface area contributed by atoms with Crippen LogP contribution in [-0.4, -0.2) is 54.3 Å². The van der Waals surface area contributed by atoms with Gasteiger partial charge in [-0.25, -0.2) is 5.43 Å². The Morgan fingerprint density at radius 1 is 0.833 bits per heavy atom. The number of hydrazone groups is 1. The fourth-order valence-corrected chi connectivity index (χ4v) is 5.39. The van der Waals surface area contributed by atoms with Crippen LogP contribution >= 0.6 is 0 Å². The van der Waals surface area contributed by atoms with Crippen molar-refractivity contribution in [3.8, 4) is 5.75 Å². The monoisotopic (exact) mass is 483 g/mol. The molecule has 2 atom stereocenters. The Morgan fingerprint density at radius 3 is 1.97 bits per heavy atom. The van der Waals surface area contributed by atoms with Crippen LogP contribution < -0.4 is 5.43 Å². The number of ether oxygens (including phenoxy) is 1. The molecular weight excluding hydrogens is 454 g/mol. The van der Waals surface area contributed by atoms with Crippen LogP contribution in [-0.2, 0) is 14.3 Å². The van der Waals surface area contributed by atoms with Crippen LogP contribution in [0.25, 0.3) is 0 Å². The first-order valence-electron chi connectivity index (χ1n) is 12.2. The van der Waals surface area contributed by atoms with E-state index in [-0.39, 0.29) is 35.3 Å². The number of hydrogen-bond donors (Lipinski definition) is 2. The fraction of sp³-hybridized carbons (Fsp3) is 0.276. The van der Waals surface area contributed by atoms with E-state index in [4.69, 9.17) is 4.74 Å². The van der Waals surface area contributed by atoms with Crippen LogP contribution in [0, 0.1) is 11.8 Å². The highest BCUT2D eigenvalue weighted by Crippen LogP contribution is 2.58. The van der Waals surface area contributed by atoms with Gasteiger partial charge in [0.25, 0.3) is 0 Å². The van der Waals surface area contributed by atoms with Crippen LogP contribution in [0.1, 0.15) is 28.5 Å². The second-order valence-corrected chi connectivity index (χ2v) is 9.16. The molecule has 1 saturated carbocycles. The highest BCUT2D eigenvalue weighted by Gasteiger charge is 2.58. The van der Waals surface area contributed by atoms with Crippen molar-refractivity contribution in [1.82, 2.24) is 10.3 Å². The van der Waals surface area contributed by atoms with Crippen LogP contribution in [0.4, 0.5) is 0 Å². The van der Waals surface area contributed by atoms with Crippen molar-refractivity contribution in [3.63, 3.8) is 0 Å². The smallest absolute Gasteiger partial charge is 0.244 e. The molecule has 2 aliphatic rings. The summed E-state index contributed by atoms with van der Waals surface area (Å²) in [5, 5.41) is 14.1. The average Bonchev–Trinajstić information content (AvgIpc) is 2.91.